The van der Waals surface area contributed by atoms with Crippen LogP contribution in [0.15, 0.2) is 78.4 Å². The number of barbiturate groups is 1. The van der Waals surface area contributed by atoms with Crippen LogP contribution in [-0.4, -0.2) is 24.5 Å². The number of nitrogens with zero attached hydrogens (tertiary/aromatic N) is 1. The summed E-state index contributed by atoms with van der Waals surface area (Å²) in [5, 5.41) is 2.90. The maximum atomic E-state index is 13.0. The normalized spacial score (nSPS) is 15.0. The molecule has 166 valence electrons. The van der Waals surface area contributed by atoms with Crippen molar-refractivity contribution < 1.29 is 19.1 Å². The summed E-state index contributed by atoms with van der Waals surface area (Å²) in [4.78, 5) is 38.8. The number of ether oxygens (including phenoxy) is 1. The fraction of sp³-hybridized carbons (Fsp3) is 0.115. The Hall–Kier alpha value is -3.90. The molecule has 0 aromatic heterocycles. The quantitative estimate of drug-likeness (QED) is 0.415. The summed E-state index contributed by atoms with van der Waals surface area (Å²) in [6, 6.07) is 20.7. The van der Waals surface area contributed by atoms with Gasteiger partial charge in [0.15, 0.2) is 0 Å². The number of benzene rings is 3. The number of halogens is 1. The highest BCUT2D eigenvalue weighted by Crippen LogP contribution is 2.28. The topological polar surface area (TPSA) is 75.7 Å². The minimum Gasteiger partial charge on any atom is -0.494 e. The molecule has 3 aromatic carbocycles. The summed E-state index contributed by atoms with van der Waals surface area (Å²) in [6.45, 7) is 2.33. The molecule has 7 heteroatoms. The zero-order valence-electron chi connectivity index (χ0n) is 17.9. The summed E-state index contributed by atoms with van der Waals surface area (Å²) in [6.07, 6.45) is 2.03. The van der Waals surface area contributed by atoms with E-state index in [1.807, 2.05) is 37.3 Å². The van der Waals surface area contributed by atoms with Gasteiger partial charge < -0.3 is 4.74 Å². The Morgan fingerprint density at radius 1 is 0.939 bits per heavy atom. The van der Waals surface area contributed by atoms with Crippen molar-refractivity contribution in [1.82, 2.24) is 5.32 Å². The van der Waals surface area contributed by atoms with Gasteiger partial charge in [-0.2, -0.15) is 0 Å². The minimum absolute atomic E-state index is 0.139. The summed E-state index contributed by atoms with van der Waals surface area (Å²) >= 11 is 6.31. The second-order valence-corrected chi connectivity index (χ2v) is 7.77. The van der Waals surface area contributed by atoms with Crippen molar-refractivity contribution in [2.24, 2.45) is 0 Å². The van der Waals surface area contributed by atoms with E-state index >= 15 is 0 Å². The standard InChI is InChI=1S/C26H21ClN2O4/c1-2-33-23-15-17(12-13-19(23)16-18-8-6-7-11-22(18)27)14-21-24(30)28-26(32)29(25(21)31)20-9-4-3-5-10-20/h3-15H,2,16H2,1H3,(H,28,30,32)/b21-14+. The van der Waals surface area contributed by atoms with E-state index in [9.17, 15) is 14.4 Å². The van der Waals surface area contributed by atoms with Gasteiger partial charge in [-0.3, -0.25) is 14.9 Å². The number of para-hydroxylation sites is 1. The SMILES string of the molecule is CCOc1cc(/C=C2\C(=O)NC(=O)N(c3ccccc3)C2=O)ccc1Cc1ccccc1Cl. The van der Waals surface area contributed by atoms with Gasteiger partial charge in [-0.25, -0.2) is 9.69 Å². The molecule has 0 saturated carbocycles. The number of rotatable bonds is 6. The fourth-order valence-corrected chi connectivity index (χ4v) is 3.78. The number of carbonyl (C=O) groups is 3. The predicted molar refractivity (Wildman–Crippen MR) is 127 cm³/mol. The zero-order chi connectivity index (χ0) is 23.4. The lowest BCUT2D eigenvalue weighted by molar-refractivity contribution is -0.122. The van der Waals surface area contributed by atoms with Gasteiger partial charge in [-0.15, -0.1) is 0 Å². The van der Waals surface area contributed by atoms with E-state index in [1.165, 1.54) is 6.08 Å². The Labute approximate surface area is 196 Å². The summed E-state index contributed by atoms with van der Waals surface area (Å²) in [5.74, 6) is -0.797. The lowest BCUT2D eigenvalue weighted by atomic mass is 10.0. The van der Waals surface area contributed by atoms with Gasteiger partial charge in [-0.05, 0) is 54.0 Å². The first-order valence-electron chi connectivity index (χ1n) is 10.4. The third-order valence-electron chi connectivity index (χ3n) is 5.16. The lowest BCUT2D eigenvalue weighted by Crippen LogP contribution is -2.54. The third kappa shape index (κ3) is 4.81. The largest absolute Gasteiger partial charge is 0.494 e. The number of hydrogen-bond acceptors (Lipinski definition) is 4. The highest BCUT2D eigenvalue weighted by atomic mass is 35.5. The van der Waals surface area contributed by atoms with Crippen molar-refractivity contribution in [3.8, 4) is 5.75 Å². The van der Waals surface area contributed by atoms with Crippen LogP contribution >= 0.6 is 11.6 Å². The van der Waals surface area contributed by atoms with E-state index in [-0.39, 0.29) is 5.57 Å². The molecular formula is C26H21ClN2O4. The first-order chi connectivity index (χ1) is 16.0. The van der Waals surface area contributed by atoms with Gasteiger partial charge in [0, 0.05) is 11.4 Å². The van der Waals surface area contributed by atoms with Crippen LogP contribution in [0, 0.1) is 0 Å². The van der Waals surface area contributed by atoms with Gasteiger partial charge in [0.25, 0.3) is 11.8 Å². The zero-order valence-corrected chi connectivity index (χ0v) is 18.6. The maximum absolute atomic E-state index is 13.0. The van der Waals surface area contributed by atoms with Crippen molar-refractivity contribution in [3.05, 3.63) is 100 Å². The Morgan fingerprint density at radius 3 is 2.39 bits per heavy atom. The minimum atomic E-state index is -0.779. The van der Waals surface area contributed by atoms with E-state index < -0.39 is 17.8 Å². The molecule has 0 bridgehead atoms. The fourth-order valence-electron chi connectivity index (χ4n) is 3.58. The number of imide groups is 2. The van der Waals surface area contributed by atoms with Gasteiger partial charge in [0.2, 0.25) is 0 Å². The number of amides is 4. The third-order valence-corrected chi connectivity index (χ3v) is 5.53. The molecule has 0 aliphatic carbocycles. The Balaban J connectivity index is 1.68. The average molecular weight is 461 g/mol. The maximum Gasteiger partial charge on any atom is 0.335 e. The van der Waals surface area contributed by atoms with Crippen LogP contribution in [0.4, 0.5) is 10.5 Å². The van der Waals surface area contributed by atoms with Crippen molar-refractivity contribution in [2.45, 2.75) is 13.3 Å². The van der Waals surface area contributed by atoms with Crippen LogP contribution in [0.1, 0.15) is 23.6 Å². The average Bonchev–Trinajstić information content (AvgIpc) is 2.80. The van der Waals surface area contributed by atoms with E-state index in [4.69, 9.17) is 16.3 Å². The molecule has 6 nitrogen and oxygen atoms in total. The van der Waals surface area contributed by atoms with Crippen LogP contribution in [0.25, 0.3) is 6.08 Å². The molecule has 1 fully saturated rings. The Bertz CT molecular complexity index is 1250. The second-order valence-electron chi connectivity index (χ2n) is 7.36. The van der Waals surface area contributed by atoms with Crippen molar-refractivity contribution in [2.75, 3.05) is 11.5 Å². The molecule has 4 rings (SSSR count). The molecule has 1 saturated heterocycles. The van der Waals surface area contributed by atoms with Crippen molar-refractivity contribution >= 4 is 41.2 Å². The summed E-state index contributed by atoms with van der Waals surface area (Å²) in [5.41, 5.74) is 2.73. The highest BCUT2D eigenvalue weighted by Gasteiger charge is 2.36. The number of urea groups is 1. The molecule has 0 atom stereocenters. The van der Waals surface area contributed by atoms with Crippen molar-refractivity contribution in [3.63, 3.8) is 0 Å². The molecule has 3 aromatic rings. The smallest absolute Gasteiger partial charge is 0.335 e. The first-order valence-corrected chi connectivity index (χ1v) is 10.8. The van der Waals surface area contributed by atoms with Gasteiger partial charge >= 0.3 is 6.03 Å². The predicted octanol–water partition coefficient (Wildman–Crippen LogP) is 5.00. The van der Waals surface area contributed by atoms with E-state index in [2.05, 4.69) is 5.32 Å². The van der Waals surface area contributed by atoms with E-state index in [1.54, 1.807) is 42.5 Å². The van der Waals surface area contributed by atoms with E-state index in [0.717, 1.165) is 16.0 Å². The Morgan fingerprint density at radius 2 is 1.67 bits per heavy atom. The number of anilines is 1. The van der Waals surface area contributed by atoms with E-state index in [0.29, 0.717) is 35.1 Å². The Kier molecular flexibility index (Phi) is 6.56. The second kappa shape index (κ2) is 9.71. The van der Waals surface area contributed by atoms with Gasteiger partial charge in [0.1, 0.15) is 11.3 Å². The van der Waals surface area contributed by atoms with Crippen LogP contribution in [0.2, 0.25) is 5.02 Å². The molecule has 0 radical (unpaired) electrons. The molecular weight excluding hydrogens is 440 g/mol. The summed E-state index contributed by atoms with van der Waals surface area (Å²) < 4.78 is 5.82. The molecule has 33 heavy (non-hydrogen) atoms. The summed E-state index contributed by atoms with van der Waals surface area (Å²) in [7, 11) is 0. The molecule has 1 heterocycles. The number of nitrogens with one attached hydrogen (secondary N) is 1. The van der Waals surface area contributed by atoms with Gasteiger partial charge in [0.05, 0.1) is 12.3 Å². The molecule has 0 spiro atoms. The molecule has 4 amide bonds. The van der Waals surface area contributed by atoms with Crippen LogP contribution in [0.3, 0.4) is 0 Å². The number of carbonyl (C=O) groups excluding carboxylic acids is 3. The first kappa shape index (κ1) is 22.3. The van der Waals surface area contributed by atoms with Gasteiger partial charge in [-0.1, -0.05) is 60.1 Å². The van der Waals surface area contributed by atoms with Crippen LogP contribution < -0.4 is 15.0 Å². The molecule has 1 N–H and O–H groups in total. The molecule has 1 aliphatic rings. The highest BCUT2D eigenvalue weighted by molar-refractivity contribution is 6.39. The molecule has 0 unspecified atom stereocenters. The lowest BCUT2D eigenvalue weighted by Gasteiger charge is -2.26. The monoisotopic (exact) mass is 460 g/mol. The van der Waals surface area contributed by atoms with Crippen molar-refractivity contribution in [1.29, 1.82) is 0 Å². The number of hydrogen-bond donors (Lipinski definition) is 1. The molecule has 1 aliphatic heterocycles. The van der Waals surface area contributed by atoms with Crippen LogP contribution in [0.5, 0.6) is 5.75 Å². The van der Waals surface area contributed by atoms with Crippen LogP contribution in [-0.2, 0) is 16.0 Å².